The molecular weight excluding hydrogens is 322 g/mol. The topological polar surface area (TPSA) is 67.0 Å². The number of fused-ring (bicyclic) bond motifs is 1. The first-order valence-corrected chi connectivity index (χ1v) is 8.53. The van der Waals surface area contributed by atoms with Crippen LogP contribution in [0.4, 0.5) is 0 Å². The Labute approximate surface area is 139 Å². The molecule has 1 atom stereocenters. The minimum atomic E-state index is -0.219. The van der Waals surface area contributed by atoms with Gasteiger partial charge in [-0.15, -0.1) is 0 Å². The van der Waals surface area contributed by atoms with Gasteiger partial charge in [0.05, 0.1) is 16.3 Å². The molecule has 0 radical (unpaired) electrons. The molecule has 2 rings (SSSR count). The zero-order chi connectivity index (χ0) is 15.9. The Hall–Kier alpha value is -1.24. The summed E-state index contributed by atoms with van der Waals surface area (Å²) in [6.45, 7) is 5.82. The van der Waals surface area contributed by atoms with Crippen molar-refractivity contribution in [2.75, 3.05) is 19.8 Å². The smallest absolute Gasteiger partial charge is 0.233 e. The number of carbonyl (C=O) groups excluding carboxylic acids is 1. The molecule has 1 heterocycles. The summed E-state index contributed by atoms with van der Waals surface area (Å²) < 4.78 is 5.23. The Kier molecular flexibility index (Phi) is 6.54. The first-order valence-electron chi connectivity index (χ1n) is 7.27. The summed E-state index contributed by atoms with van der Waals surface area (Å²) in [4.78, 5) is 19.6. The largest absolute Gasteiger partial charge is 0.382 e. The molecular formula is C15H20ClN3O2S. The van der Waals surface area contributed by atoms with Gasteiger partial charge in [0.2, 0.25) is 5.91 Å². The molecule has 0 aliphatic rings. The standard InChI is InChI=1S/C15H20ClN3O2S/c1-3-21-8-4-7-17-14(20)10(2)22-15-18-12-6-5-11(16)9-13(12)19-15/h5-6,9-10H,3-4,7-8H2,1-2H3,(H,17,20)(H,18,19). The van der Waals surface area contributed by atoms with Crippen LogP contribution in [-0.4, -0.2) is 40.9 Å². The van der Waals surface area contributed by atoms with Gasteiger partial charge in [-0.2, -0.15) is 0 Å². The molecule has 0 spiro atoms. The highest BCUT2D eigenvalue weighted by Gasteiger charge is 2.16. The quantitative estimate of drug-likeness (QED) is 0.571. The molecule has 120 valence electrons. The number of rotatable bonds is 8. The van der Waals surface area contributed by atoms with Crippen LogP contribution in [0.3, 0.4) is 0 Å². The van der Waals surface area contributed by atoms with Crippen molar-refractivity contribution < 1.29 is 9.53 Å². The van der Waals surface area contributed by atoms with Gasteiger partial charge < -0.3 is 15.0 Å². The highest BCUT2D eigenvalue weighted by Crippen LogP contribution is 2.25. The van der Waals surface area contributed by atoms with Crippen LogP contribution in [0.5, 0.6) is 0 Å². The van der Waals surface area contributed by atoms with Gasteiger partial charge in [-0.05, 0) is 38.5 Å². The molecule has 0 saturated heterocycles. The number of hydrogen-bond donors (Lipinski definition) is 2. The van der Waals surface area contributed by atoms with Crippen molar-refractivity contribution in [2.24, 2.45) is 0 Å². The summed E-state index contributed by atoms with van der Waals surface area (Å²) in [5, 5.41) is 4.06. The molecule has 1 aromatic heterocycles. The maximum Gasteiger partial charge on any atom is 0.233 e. The molecule has 5 nitrogen and oxygen atoms in total. The van der Waals surface area contributed by atoms with E-state index in [1.807, 2.05) is 26.0 Å². The van der Waals surface area contributed by atoms with Gasteiger partial charge in [-0.25, -0.2) is 4.98 Å². The van der Waals surface area contributed by atoms with E-state index >= 15 is 0 Å². The number of amides is 1. The number of aromatic nitrogens is 2. The maximum atomic E-state index is 12.0. The van der Waals surface area contributed by atoms with Crippen molar-refractivity contribution in [2.45, 2.75) is 30.7 Å². The Morgan fingerprint density at radius 1 is 1.55 bits per heavy atom. The van der Waals surface area contributed by atoms with Crippen molar-refractivity contribution in [3.05, 3.63) is 23.2 Å². The Morgan fingerprint density at radius 2 is 2.36 bits per heavy atom. The van der Waals surface area contributed by atoms with Crippen molar-refractivity contribution >= 4 is 40.3 Å². The summed E-state index contributed by atoms with van der Waals surface area (Å²) in [6.07, 6.45) is 0.820. The first-order chi connectivity index (χ1) is 10.6. The number of nitrogens with one attached hydrogen (secondary N) is 2. The van der Waals surface area contributed by atoms with Gasteiger partial charge in [0, 0.05) is 24.8 Å². The number of nitrogens with zero attached hydrogens (tertiary/aromatic N) is 1. The maximum absolute atomic E-state index is 12.0. The van der Waals surface area contributed by atoms with E-state index in [0.29, 0.717) is 29.9 Å². The monoisotopic (exact) mass is 341 g/mol. The first kappa shape index (κ1) is 17.1. The molecule has 7 heteroatoms. The molecule has 1 unspecified atom stereocenters. The van der Waals surface area contributed by atoms with Crippen LogP contribution in [-0.2, 0) is 9.53 Å². The van der Waals surface area contributed by atoms with Crippen molar-refractivity contribution in [1.82, 2.24) is 15.3 Å². The lowest BCUT2D eigenvalue weighted by Gasteiger charge is -2.10. The lowest BCUT2D eigenvalue weighted by Crippen LogP contribution is -2.32. The lowest BCUT2D eigenvalue weighted by atomic mass is 10.3. The van der Waals surface area contributed by atoms with Crippen LogP contribution in [0.1, 0.15) is 20.3 Å². The zero-order valence-electron chi connectivity index (χ0n) is 12.7. The van der Waals surface area contributed by atoms with E-state index < -0.39 is 0 Å². The summed E-state index contributed by atoms with van der Waals surface area (Å²) in [6, 6.07) is 5.48. The normalized spacial score (nSPS) is 12.5. The molecule has 0 saturated carbocycles. The fraction of sp³-hybridized carbons (Fsp3) is 0.467. The molecule has 2 N–H and O–H groups in total. The third-order valence-electron chi connectivity index (χ3n) is 3.05. The second-order valence-corrected chi connectivity index (χ2v) is 6.57. The molecule has 1 aromatic carbocycles. The third kappa shape index (κ3) is 4.90. The van der Waals surface area contributed by atoms with Crippen molar-refractivity contribution in [3.8, 4) is 0 Å². The highest BCUT2D eigenvalue weighted by molar-refractivity contribution is 8.00. The van der Waals surface area contributed by atoms with Gasteiger partial charge in [-0.1, -0.05) is 23.4 Å². The van der Waals surface area contributed by atoms with E-state index in [1.165, 1.54) is 11.8 Å². The van der Waals surface area contributed by atoms with Crippen molar-refractivity contribution in [1.29, 1.82) is 0 Å². The van der Waals surface area contributed by atoms with E-state index in [4.69, 9.17) is 16.3 Å². The van der Waals surface area contributed by atoms with Gasteiger partial charge in [0.15, 0.2) is 5.16 Å². The number of aromatic amines is 1. The van der Waals surface area contributed by atoms with E-state index in [0.717, 1.165) is 17.5 Å². The molecule has 0 aliphatic carbocycles. The van der Waals surface area contributed by atoms with Crippen molar-refractivity contribution in [3.63, 3.8) is 0 Å². The van der Waals surface area contributed by atoms with Gasteiger partial charge in [0.1, 0.15) is 0 Å². The lowest BCUT2D eigenvalue weighted by molar-refractivity contribution is -0.120. The van der Waals surface area contributed by atoms with Crippen LogP contribution in [0.25, 0.3) is 11.0 Å². The second-order valence-electron chi connectivity index (χ2n) is 4.81. The van der Waals surface area contributed by atoms with Gasteiger partial charge in [0.25, 0.3) is 0 Å². The number of H-pyrrole nitrogens is 1. The molecule has 0 bridgehead atoms. The van der Waals surface area contributed by atoms with Crippen LogP contribution < -0.4 is 5.32 Å². The summed E-state index contributed by atoms with van der Waals surface area (Å²) in [7, 11) is 0. The van der Waals surface area contributed by atoms with E-state index in [2.05, 4.69) is 15.3 Å². The number of ether oxygens (including phenoxy) is 1. The molecule has 2 aromatic rings. The zero-order valence-corrected chi connectivity index (χ0v) is 14.3. The number of benzene rings is 1. The predicted octanol–water partition coefficient (Wildman–Crippen LogP) is 3.24. The Balaban J connectivity index is 1.84. The minimum Gasteiger partial charge on any atom is -0.382 e. The number of hydrogen-bond acceptors (Lipinski definition) is 4. The Morgan fingerprint density at radius 3 is 3.14 bits per heavy atom. The summed E-state index contributed by atoms with van der Waals surface area (Å²) in [5.41, 5.74) is 1.72. The average molecular weight is 342 g/mol. The van der Waals surface area contributed by atoms with E-state index in [-0.39, 0.29) is 11.2 Å². The van der Waals surface area contributed by atoms with Crippen LogP contribution in [0.15, 0.2) is 23.4 Å². The number of imidazole rings is 1. The number of carbonyl (C=O) groups is 1. The van der Waals surface area contributed by atoms with Gasteiger partial charge >= 0.3 is 0 Å². The minimum absolute atomic E-state index is 0.0000120. The van der Waals surface area contributed by atoms with Crippen LogP contribution in [0, 0.1) is 0 Å². The average Bonchev–Trinajstić information content (AvgIpc) is 2.88. The molecule has 0 aliphatic heterocycles. The number of thioether (sulfide) groups is 1. The molecule has 22 heavy (non-hydrogen) atoms. The van der Waals surface area contributed by atoms with Crippen LogP contribution in [0.2, 0.25) is 5.02 Å². The Bertz CT molecular complexity index is 632. The molecule has 1 amide bonds. The highest BCUT2D eigenvalue weighted by atomic mass is 35.5. The van der Waals surface area contributed by atoms with E-state index in [9.17, 15) is 4.79 Å². The fourth-order valence-corrected chi connectivity index (χ4v) is 2.93. The second kappa shape index (κ2) is 8.41. The third-order valence-corrected chi connectivity index (χ3v) is 4.27. The molecule has 0 fully saturated rings. The SMILES string of the molecule is CCOCCCNC(=O)C(C)Sc1nc2ccc(Cl)cc2[nH]1. The fourth-order valence-electron chi connectivity index (χ4n) is 1.91. The summed E-state index contributed by atoms with van der Waals surface area (Å²) >= 11 is 7.35. The van der Waals surface area contributed by atoms with E-state index in [1.54, 1.807) is 6.07 Å². The van der Waals surface area contributed by atoms with Gasteiger partial charge in [-0.3, -0.25) is 4.79 Å². The predicted molar refractivity (Wildman–Crippen MR) is 90.5 cm³/mol. The van der Waals surface area contributed by atoms with Crippen LogP contribution >= 0.6 is 23.4 Å². The summed E-state index contributed by atoms with van der Waals surface area (Å²) in [5.74, 6) is -0.0000120. The number of halogens is 1.